The first-order valence-corrected chi connectivity index (χ1v) is 9.97. The fourth-order valence-electron chi connectivity index (χ4n) is 3.80. The molecule has 3 aromatic carbocycles. The highest BCUT2D eigenvalue weighted by atomic mass is 16.5. The molecule has 0 bridgehead atoms. The van der Waals surface area contributed by atoms with Crippen LogP contribution in [0.2, 0.25) is 0 Å². The van der Waals surface area contributed by atoms with Gasteiger partial charge in [-0.15, -0.1) is 0 Å². The van der Waals surface area contributed by atoms with Crippen molar-refractivity contribution in [1.82, 2.24) is 5.32 Å². The van der Waals surface area contributed by atoms with Crippen molar-refractivity contribution in [2.45, 2.75) is 18.0 Å². The summed E-state index contributed by atoms with van der Waals surface area (Å²) in [5, 5.41) is 22.1. The number of benzene rings is 3. The standard InChI is InChI=1S/C26H23N3O2/c1-31-25(30)24(17-20(18-27)19-28)29-26(21-11-5-2-6-12-21,22-13-7-3-8-14-22)23-15-9-4-10-16-23/h2-16,20,24,29H,17H2,1H3/t24-/m0/s1. The molecule has 0 radical (unpaired) electrons. The van der Waals surface area contributed by atoms with Crippen LogP contribution in [0.25, 0.3) is 0 Å². The molecule has 1 atom stereocenters. The van der Waals surface area contributed by atoms with Gasteiger partial charge in [0.15, 0.2) is 0 Å². The summed E-state index contributed by atoms with van der Waals surface area (Å²) in [6.07, 6.45) is 0.00786. The lowest BCUT2D eigenvalue weighted by atomic mass is 9.76. The highest BCUT2D eigenvalue weighted by Crippen LogP contribution is 2.37. The minimum absolute atomic E-state index is 0.00786. The van der Waals surface area contributed by atoms with E-state index in [0.717, 1.165) is 16.7 Å². The molecule has 0 saturated carbocycles. The van der Waals surface area contributed by atoms with E-state index in [1.807, 2.05) is 103 Å². The van der Waals surface area contributed by atoms with Gasteiger partial charge in [-0.2, -0.15) is 10.5 Å². The Kier molecular flexibility index (Phi) is 7.17. The number of nitrogens with zero attached hydrogens (tertiary/aromatic N) is 2. The molecule has 154 valence electrons. The molecule has 0 aliphatic heterocycles. The van der Waals surface area contributed by atoms with Gasteiger partial charge in [0.25, 0.3) is 0 Å². The average molecular weight is 409 g/mol. The topological polar surface area (TPSA) is 85.9 Å². The van der Waals surface area contributed by atoms with Gasteiger partial charge in [0.2, 0.25) is 0 Å². The second-order valence-corrected chi connectivity index (χ2v) is 7.11. The first kappa shape index (κ1) is 21.8. The van der Waals surface area contributed by atoms with Crippen LogP contribution in [0.1, 0.15) is 23.1 Å². The fraction of sp³-hybridized carbons (Fsp3) is 0.192. The van der Waals surface area contributed by atoms with Crippen LogP contribution in [0.15, 0.2) is 91.0 Å². The molecule has 31 heavy (non-hydrogen) atoms. The van der Waals surface area contributed by atoms with Crippen molar-refractivity contribution in [1.29, 1.82) is 10.5 Å². The molecule has 3 aromatic rings. The van der Waals surface area contributed by atoms with Gasteiger partial charge in [0.05, 0.1) is 24.8 Å². The predicted molar refractivity (Wildman–Crippen MR) is 117 cm³/mol. The van der Waals surface area contributed by atoms with E-state index in [1.165, 1.54) is 7.11 Å². The van der Waals surface area contributed by atoms with Crippen LogP contribution in [-0.2, 0) is 15.1 Å². The molecule has 0 aliphatic rings. The number of hydrogen-bond acceptors (Lipinski definition) is 5. The second kappa shape index (κ2) is 10.2. The molecule has 0 aliphatic carbocycles. The van der Waals surface area contributed by atoms with Gasteiger partial charge < -0.3 is 4.74 Å². The minimum Gasteiger partial charge on any atom is -0.468 e. The van der Waals surface area contributed by atoms with Crippen molar-refractivity contribution < 1.29 is 9.53 Å². The summed E-state index contributed by atoms with van der Waals surface area (Å²) >= 11 is 0. The Bertz CT molecular complexity index is 960. The van der Waals surface area contributed by atoms with Crippen LogP contribution in [0.3, 0.4) is 0 Å². The third-order valence-corrected chi connectivity index (χ3v) is 5.28. The lowest BCUT2D eigenvalue weighted by Crippen LogP contribution is -2.53. The van der Waals surface area contributed by atoms with E-state index in [1.54, 1.807) is 0 Å². The normalized spacial score (nSPS) is 11.9. The molecule has 0 amide bonds. The van der Waals surface area contributed by atoms with Crippen LogP contribution in [-0.4, -0.2) is 19.1 Å². The maximum absolute atomic E-state index is 12.7. The summed E-state index contributed by atoms with van der Waals surface area (Å²) in [7, 11) is 1.31. The zero-order valence-corrected chi connectivity index (χ0v) is 17.2. The SMILES string of the molecule is COC(=O)[C@H](CC(C#N)C#N)NC(c1ccccc1)(c1ccccc1)c1ccccc1. The fourth-order valence-corrected chi connectivity index (χ4v) is 3.80. The number of rotatable bonds is 8. The van der Waals surface area contributed by atoms with Gasteiger partial charge in [0.1, 0.15) is 12.0 Å². The molecule has 0 unspecified atom stereocenters. The van der Waals surface area contributed by atoms with Crippen molar-refractivity contribution in [2.24, 2.45) is 5.92 Å². The quantitative estimate of drug-likeness (QED) is 0.446. The van der Waals surface area contributed by atoms with E-state index in [0.29, 0.717) is 0 Å². The van der Waals surface area contributed by atoms with Crippen LogP contribution in [0.5, 0.6) is 0 Å². The number of esters is 1. The van der Waals surface area contributed by atoms with E-state index in [2.05, 4.69) is 5.32 Å². The maximum Gasteiger partial charge on any atom is 0.322 e. The summed E-state index contributed by atoms with van der Waals surface area (Å²) in [6.45, 7) is 0. The number of methoxy groups -OCH3 is 1. The summed E-state index contributed by atoms with van der Waals surface area (Å²) in [4.78, 5) is 12.7. The van der Waals surface area contributed by atoms with Crippen LogP contribution >= 0.6 is 0 Å². The highest BCUT2D eigenvalue weighted by molar-refractivity contribution is 5.76. The Morgan fingerprint density at radius 3 is 1.55 bits per heavy atom. The number of carbonyl (C=O) groups is 1. The molecular weight excluding hydrogens is 386 g/mol. The van der Waals surface area contributed by atoms with Crippen LogP contribution in [0.4, 0.5) is 0 Å². The first-order chi connectivity index (χ1) is 15.2. The Morgan fingerprint density at radius 2 is 1.23 bits per heavy atom. The highest BCUT2D eigenvalue weighted by Gasteiger charge is 2.40. The van der Waals surface area contributed by atoms with Gasteiger partial charge in [-0.25, -0.2) is 0 Å². The lowest BCUT2D eigenvalue weighted by Gasteiger charge is -2.39. The number of hydrogen-bond donors (Lipinski definition) is 1. The molecular formula is C26H23N3O2. The maximum atomic E-state index is 12.7. The number of ether oxygens (including phenoxy) is 1. The molecule has 0 aromatic heterocycles. The average Bonchev–Trinajstić information content (AvgIpc) is 2.85. The zero-order valence-electron chi connectivity index (χ0n) is 17.2. The van der Waals surface area contributed by atoms with E-state index < -0.39 is 23.5 Å². The zero-order chi connectivity index (χ0) is 22.1. The van der Waals surface area contributed by atoms with Gasteiger partial charge >= 0.3 is 5.97 Å². The molecule has 0 spiro atoms. The van der Waals surface area contributed by atoms with Crippen molar-refractivity contribution in [3.05, 3.63) is 108 Å². The van der Waals surface area contributed by atoms with Gasteiger partial charge in [-0.3, -0.25) is 10.1 Å². The Hall–Kier alpha value is -3.93. The Morgan fingerprint density at radius 1 is 0.839 bits per heavy atom. The number of nitriles is 2. The monoisotopic (exact) mass is 409 g/mol. The smallest absolute Gasteiger partial charge is 0.322 e. The van der Waals surface area contributed by atoms with E-state index in [4.69, 9.17) is 4.74 Å². The molecule has 3 rings (SSSR count). The molecule has 1 N–H and O–H groups in total. The van der Waals surface area contributed by atoms with Gasteiger partial charge in [-0.05, 0) is 16.7 Å². The largest absolute Gasteiger partial charge is 0.468 e. The second-order valence-electron chi connectivity index (χ2n) is 7.11. The summed E-state index contributed by atoms with van der Waals surface area (Å²) in [5.41, 5.74) is 1.86. The molecule has 0 saturated heterocycles. The molecule has 5 heteroatoms. The third-order valence-electron chi connectivity index (χ3n) is 5.28. The Balaban J connectivity index is 2.25. The predicted octanol–water partition coefficient (Wildman–Crippen LogP) is 4.16. The van der Waals surface area contributed by atoms with E-state index in [-0.39, 0.29) is 6.42 Å². The van der Waals surface area contributed by atoms with Crippen molar-refractivity contribution >= 4 is 5.97 Å². The van der Waals surface area contributed by atoms with Crippen LogP contribution < -0.4 is 5.32 Å². The molecule has 5 nitrogen and oxygen atoms in total. The number of nitrogens with one attached hydrogen (secondary N) is 1. The van der Waals surface area contributed by atoms with Crippen molar-refractivity contribution in [3.8, 4) is 12.1 Å². The molecule has 0 fully saturated rings. The van der Waals surface area contributed by atoms with Crippen LogP contribution in [0, 0.1) is 28.6 Å². The summed E-state index contributed by atoms with van der Waals surface area (Å²) in [5.74, 6) is -1.47. The van der Waals surface area contributed by atoms with E-state index >= 15 is 0 Å². The lowest BCUT2D eigenvalue weighted by molar-refractivity contribution is -0.143. The van der Waals surface area contributed by atoms with Crippen molar-refractivity contribution in [3.63, 3.8) is 0 Å². The number of carbonyl (C=O) groups excluding carboxylic acids is 1. The van der Waals surface area contributed by atoms with Crippen molar-refractivity contribution in [2.75, 3.05) is 7.11 Å². The Labute approximate surface area is 182 Å². The van der Waals surface area contributed by atoms with Gasteiger partial charge in [-0.1, -0.05) is 91.0 Å². The minimum atomic E-state index is -0.948. The third kappa shape index (κ3) is 4.64. The molecule has 0 heterocycles. The summed E-state index contributed by atoms with van der Waals surface area (Å²) in [6, 6.07) is 32.5. The summed E-state index contributed by atoms with van der Waals surface area (Å²) < 4.78 is 5.04. The van der Waals surface area contributed by atoms with Gasteiger partial charge in [0, 0.05) is 6.42 Å². The van der Waals surface area contributed by atoms with E-state index in [9.17, 15) is 15.3 Å². The first-order valence-electron chi connectivity index (χ1n) is 9.97.